The average Bonchev–Trinajstić information content (AvgIpc) is 2.82. The van der Waals surface area contributed by atoms with Gasteiger partial charge in [-0.1, -0.05) is 12.1 Å². The van der Waals surface area contributed by atoms with Gasteiger partial charge in [-0.2, -0.15) is 5.26 Å². The van der Waals surface area contributed by atoms with Crippen molar-refractivity contribution in [3.05, 3.63) is 29.8 Å². The summed E-state index contributed by atoms with van der Waals surface area (Å²) < 4.78 is 0. The maximum atomic E-state index is 12.0. The first-order valence-corrected chi connectivity index (χ1v) is 6.48. The van der Waals surface area contributed by atoms with Crippen molar-refractivity contribution in [3.8, 4) is 6.07 Å². The van der Waals surface area contributed by atoms with Crippen LogP contribution < -0.4 is 11.1 Å². The SMILES string of the molecule is N#Cc1ccccc1NC(=O)CN1CCC(N)(C(=O)O)C1. The summed E-state index contributed by atoms with van der Waals surface area (Å²) in [4.78, 5) is 24.7. The number of benzene rings is 1. The monoisotopic (exact) mass is 288 g/mol. The third-order valence-corrected chi connectivity index (χ3v) is 3.49. The van der Waals surface area contributed by atoms with Crippen LogP contribution >= 0.6 is 0 Å². The minimum Gasteiger partial charge on any atom is -0.480 e. The summed E-state index contributed by atoms with van der Waals surface area (Å²) >= 11 is 0. The van der Waals surface area contributed by atoms with Gasteiger partial charge in [0.1, 0.15) is 11.6 Å². The number of nitrogens with one attached hydrogen (secondary N) is 1. The molecule has 0 bridgehead atoms. The highest BCUT2D eigenvalue weighted by atomic mass is 16.4. The standard InChI is InChI=1S/C14H16N4O3/c15-7-10-3-1-2-4-11(10)17-12(19)8-18-6-5-14(16,9-18)13(20)21/h1-4H,5-6,8-9,16H2,(H,17,19)(H,20,21). The lowest BCUT2D eigenvalue weighted by Gasteiger charge is -2.19. The molecule has 1 fully saturated rings. The number of amides is 1. The van der Waals surface area contributed by atoms with Gasteiger partial charge >= 0.3 is 5.97 Å². The Balaban J connectivity index is 1.95. The molecule has 21 heavy (non-hydrogen) atoms. The average molecular weight is 288 g/mol. The number of carbonyl (C=O) groups is 2. The lowest BCUT2D eigenvalue weighted by molar-refractivity contribution is -0.143. The molecule has 1 aliphatic rings. The molecule has 1 aromatic carbocycles. The first-order chi connectivity index (χ1) is 9.94. The molecule has 0 aromatic heterocycles. The van der Waals surface area contributed by atoms with Gasteiger partial charge in [-0.05, 0) is 18.6 Å². The fourth-order valence-electron chi connectivity index (χ4n) is 2.31. The predicted molar refractivity (Wildman–Crippen MR) is 75.4 cm³/mol. The number of anilines is 1. The molecule has 2 rings (SSSR count). The fourth-order valence-corrected chi connectivity index (χ4v) is 2.31. The van der Waals surface area contributed by atoms with E-state index in [2.05, 4.69) is 5.32 Å². The molecule has 1 aromatic rings. The largest absolute Gasteiger partial charge is 0.480 e. The molecule has 1 saturated heterocycles. The van der Waals surface area contributed by atoms with E-state index in [1.165, 1.54) is 0 Å². The fraction of sp³-hybridized carbons (Fsp3) is 0.357. The maximum Gasteiger partial charge on any atom is 0.325 e. The molecule has 1 aliphatic heterocycles. The molecular weight excluding hydrogens is 272 g/mol. The van der Waals surface area contributed by atoms with Gasteiger partial charge in [0, 0.05) is 13.1 Å². The van der Waals surface area contributed by atoms with Gasteiger partial charge in [0.2, 0.25) is 5.91 Å². The Morgan fingerprint density at radius 2 is 2.19 bits per heavy atom. The summed E-state index contributed by atoms with van der Waals surface area (Å²) in [5.41, 5.74) is 5.29. The van der Waals surface area contributed by atoms with E-state index in [0.717, 1.165) is 0 Å². The topological polar surface area (TPSA) is 119 Å². The minimum atomic E-state index is -1.29. The molecule has 1 amide bonds. The number of nitrogens with two attached hydrogens (primary N) is 1. The van der Waals surface area contributed by atoms with E-state index >= 15 is 0 Å². The summed E-state index contributed by atoms with van der Waals surface area (Å²) in [5, 5.41) is 20.6. The summed E-state index contributed by atoms with van der Waals surface area (Å²) in [6.45, 7) is 0.637. The third kappa shape index (κ3) is 3.37. The number of carboxylic acid groups (broad SMARTS) is 1. The number of para-hydroxylation sites is 1. The molecule has 110 valence electrons. The zero-order chi connectivity index (χ0) is 15.5. The highest BCUT2D eigenvalue weighted by molar-refractivity contribution is 5.93. The van der Waals surface area contributed by atoms with E-state index in [1.807, 2.05) is 6.07 Å². The van der Waals surface area contributed by atoms with Gasteiger partial charge < -0.3 is 16.2 Å². The molecule has 1 atom stereocenters. The van der Waals surface area contributed by atoms with Crippen LogP contribution in [-0.2, 0) is 9.59 Å². The molecule has 0 aliphatic carbocycles. The number of aliphatic carboxylic acids is 1. The van der Waals surface area contributed by atoms with Crippen molar-refractivity contribution in [2.45, 2.75) is 12.0 Å². The van der Waals surface area contributed by atoms with Crippen LogP contribution in [0.1, 0.15) is 12.0 Å². The smallest absolute Gasteiger partial charge is 0.325 e. The van der Waals surface area contributed by atoms with Crippen LogP contribution in [0.15, 0.2) is 24.3 Å². The predicted octanol–water partition coefficient (Wildman–Crippen LogP) is -0.0154. The van der Waals surface area contributed by atoms with E-state index < -0.39 is 11.5 Å². The lowest BCUT2D eigenvalue weighted by Crippen LogP contribution is -2.50. The van der Waals surface area contributed by atoms with Crippen LogP contribution in [0, 0.1) is 11.3 Å². The Labute approximate surface area is 122 Å². The highest BCUT2D eigenvalue weighted by Crippen LogP contribution is 2.19. The normalized spacial score (nSPS) is 21.7. The van der Waals surface area contributed by atoms with E-state index in [4.69, 9.17) is 16.1 Å². The molecule has 4 N–H and O–H groups in total. The molecule has 1 heterocycles. The van der Waals surface area contributed by atoms with Crippen molar-refractivity contribution in [2.24, 2.45) is 5.73 Å². The molecule has 7 nitrogen and oxygen atoms in total. The summed E-state index contributed by atoms with van der Waals surface area (Å²) in [6, 6.07) is 8.69. The van der Waals surface area contributed by atoms with Crippen molar-refractivity contribution in [1.29, 1.82) is 5.26 Å². The number of nitriles is 1. The second-order valence-corrected chi connectivity index (χ2v) is 5.13. The van der Waals surface area contributed by atoms with Gasteiger partial charge in [0.15, 0.2) is 0 Å². The molecule has 0 saturated carbocycles. The van der Waals surface area contributed by atoms with Gasteiger partial charge in [0.05, 0.1) is 17.8 Å². The first-order valence-electron chi connectivity index (χ1n) is 6.48. The number of rotatable bonds is 4. The van der Waals surface area contributed by atoms with E-state index in [0.29, 0.717) is 24.2 Å². The number of likely N-dealkylation sites (tertiary alicyclic amines) is 1. The van der Waals surface area contributed by atoms with Crippen LogP contribution in [0.25, 0.3) is 0 Å². The number of carbonyl (C=O) groups excluding carboxylic acids is 1. The van der Waals surface area contributed by atoms with Crippen LogP contribution in [-0.4, -0.2) is 47.1 Å². The van der Waals surface area contributed by atoms with Gasteiger partial charge in [-0.3, -0.25) is 14.5 Å². The molecular formula is C14H16N4O3. The van der Waals surface area contributed by atoms with Gasteiger partial charge in [-0.15, -0.1) is 0 Å². The Morgan fingerprint density at radius 3 is 2.81 bits per heavy atom. The number of hydrogen-bond acceptors (Lipinski definition) is 5. The lowest BCUT2D eigenvalue weighted by atomic mass is 10.0. The minimum absolute atomic E-state index is 0.0476. The highest BCUT2D eigenvalue weighted by Gasteiger charge is 2.41. The van der Waals surface area contributed by atoms with E-state index in [9.17, 15) is 9.59 Å². The van der Waals surface area contributed by atoms with E-state index in [1.54, 1.807) is 29.2 Å². The van der Waals surface area contributed by atoms with Crippen molar-refractivity contribution in [2.75, 3.05) is 25.0 Å². The number of nitrogens with zero attached hydrogens (tertiary/aromatic N) is 2. The van der Waals surface area contributed by atoms with Crippen molar-refractivity contribution >= 4 is 17.6 Å². The Bertz CT molecular complexity index is 610. The molecule has 7 heteroatoms. The van der Waals surface area contributed by atoms with Crippen LogP contribution in [0.5, 0.6) is 0 Å². The van der Waals surface area contributed by atoms with Crippen molar-refractivity contribution < 1.29 is 14.7 Å². The van der Waals surface area contributed by atoms with Crippen LogP contribution in [0.3, 0.4) is 0 Å². The third-order valence-electron chi connectivity index (χ3n) is 3.49. The Hall–Kier alpha value is -2.43. The summed E-state index contributed by atoms with van der Waals surface area (Å²) in [5.74, 6) is -1.35. The van der Waals surface area contributed by atoms with Crippen LogP contribution in [0.2, 0.25) is 0 Å². The summed E-state index contributed by atoms with van der Waals surface area (Å²) in [7, 11) is 0. The van der Waals surface area contributed by atoms with Crippen molar-refractivity contribution in [3.63, 3.8) is 0 Å². The number of hydrogen-bond donors (Lipinski definition) is 3. The Morgan fingerprint density at radius 1 is 1.48 bits per heavy atom. The molecule has 1 unspecified atom stereocenters. The van der Waals surface area contributed by atoms with Gasteiger partial charge in [-0.25, -0.2) is 0 Å². The zero-order valence-corrected chi connectivity index (χ0v) is 11.4. The number of carboxylic acids is 1. The second-order valence-electron chi connectivity index (χ2n) is 5.13. The zero-order valence-electron chi connectivity index (χ0n) is 11.4. The van der Waals surface area contributed by atoms with Gasteiger partial charge in [0.25, 0.3) is 0 Å². The Kier molecular flexibility index (Phi) is 4.21. The molecule has 0 spiro atoms. The summed E-state index contributed by atoms with van der Waals surface area (Å²) in [6.07, 6.45) is 0.310. The quantitative estimate of drug-likeness (QED) is 0.716. The second kappa shape index (κ2) is 5.91. The van der Waals surface area contributed by atoms with Crippen molar-refractivity contribution in [1.82, 2.24) is 4.90 Å². The molecule has 0 radical (unpaired) electrons. The van der Waals surface area contributed by atoms with Crippen LogP contribution in [0.4, 0.5) is 5.69 Å². The maximum absolute atomic E-state index is 12.0. The van der Waals surface area contributed by atoms with E-state index in [-0.39, 0.29) is 19.0 Å². The first kappa shape index (κ1) is 15.0.